The second-order valence-electron chi connectivity index (χ2n) is 5.86. The van der Waals surface area contributed by atoms with Crippen LogP contribution in [-0.2, 0) is 13.0 Å². The molecule has 4 N–H and O–H groups in total. The molecule has 7 heteroatoms. The van der Waals surface area contributed by atoms with Crippen LogP contribution in [0.1, 0.15) is 23.1 Å². The van der Waals surface area contributed by atoms with Crippen LogP contribution < -0.4 is 11.1 Å². The molecule has 3 heterocycles. The molecule has 3 rings (SSSR count). The summed E-state index contributed by atoms with van der Waals surface area (Å²) in [6, 6.07) is 5.30. The van der Waals surface area contributed by atoms with E-state index >= 15 is 0 Å². The number of rotatable bonds is 6. The number of aliphatic hydroxyl groups excluding tert-OH is 1. The molecule has 3 aromatic heterocycles. The number of nitrogens with one attached hydrogen (secondary N) is 1. The number of halogens is 1. The lowest BCUT2D eigenvalue weighted by Crippen LogP contribution is -2.34. The first kappa shape index (κ1) is 17.2. The number of thiophene rings is 1. The third kappa shape index (κ3) is 3.57. The molecule has 0 amide bonds. The highest BCUT2D eigenvalue weighted by molar-refractivity contribution is 7.19. The number of furan rings is 1. The highest BCUT2D eigenvalue weighted by Gasteiger charge is 2.18. The van der Waals surface area contributed by atoms with Gasteiger partial charge in [0.05, 0.1) is 34.8 Å². The average molecular weight is 366 g/mol. The second-order valence-corrected chi connectivity index (χ2v) is 7.35. The maximum absolute atomic E-state index is 9.66. The largest absolute Gasteiger partial charge is 0.467 e. The normalized spacial score (nSPS) is 14.0. The lowest BCUT2D eigenvalue weighted by Gasteiger charge is -2.13. The number of pyridine rings is 1. The number of hydrogen-bond acceptors (Lipinski definition) is 6. The molecule has 0 spiro atoms. The van der Waals surface area contributed by atoms with Gasteiger partial charge in [-0.15, -0.1) is 11.3 Å². The van der Waals surface area contributed by atoms with Gasteiger partial charge in [-0.05, 0) is 38.0 Å². The molecule has 128 valence electrons. The van der Waals surface area contributed by atoms with E-state index in [2.05, 4.69) is 10.3 Å². The Morgan fingerprint density at radius 3 is 2.96 bits per heavy atom. The van der Waals surface area contributed by atoms with Crippen LogP contribution >= 0.6 is 22.9 Å². The number of aromatic nitrogens is 1. The number of aryl methyl sites for hydroxylation is 1. The molecule has 3 aromatic rings. The topological polar surface area (TPSA) is 84.3 Å². The van der Waals surface area contributed by atoms with Gasteiger partial charge in [-0.3, -0.25) is 0 Å². The van der Waals surface area contributed by atoms with Crippen molar-refractivity contribution in [2.75, 3.05) is 5.32 Å². The van der Waals surface area contributed by atoms with E-state index < -0.39 is 6.10 Å². The van der Waals surface area contributed by atoms with E-state index in [4.69, 9.17) is 21.8 Å². The summed E-state index contributed by atoms with van der Waals surface area (Å²) in [7, 11) is 0. The van der Waals surface area contributed by atoms with Crippen molar-refractivity contribution in [1.82, 2.24) is 4.98 Å². The first-order valence-corrected chi connectivity index (χ1v) is 8.93. The Labute approximate surface area is 149 Å². The monoisotopic (exact) mass is 365 g/mol. The third-order valence-electron chi connectivity index (χ3n) is 4.01. The first-order chi connectivity index (χ1) is 11.5. The zero-order valence-corrected chi connectivity index (χ0v) is 15.1. The molecular formula is C17H20ClN3O2S. The maximum Gasteiger partial charge on any atom is 0.131 e. The number of fused-ring (bicyclic) bond motifs is 1. The lowest BCUT2D eigenvalue weighted by molar-refractivity contribution is 0.163. The van der Waals surface area contributed by atoms with Gasteiger partial charge in [-0.1, -0.05) is 11.6 Å². The summed E-state index contributed by atoms with van der Waals surface area (Å²) < 4.78 is 6.39. The van der Waals surface area contributed by atoms with E-state index in [0.29, 0.717) is 18.1 Å². The van der Waals surface area contributed by atoms with E-state index in [1.165, 1.54) is 0 Å². The minimum atomic E-state index is -0.553. The highest BCUT2D eigenvalue weighted by atomic mass is 35.5. The number of nitrogens with zero attached hydrogens (tertiary/aromatic N) is 1. The summed E-state index contributed by atoms with van der Waals surface area (Å²) in [5, 5.41) is 13.5. The van der Waals surface area contributed by atoms with E-state index in [1.807, 2.05) is 25.1 Å². The number of hydrogen-bond donors (Lipinski definition) is 3. The van der Waals surface area contributed by atoms with Crippen LogP contribution in [0.4, 0.5) is 5.69 Å². The fraction of sp³-hybridized carbons (Fsp3) is 0.353. The van der Waals surface area contributed by atoms with Gasteiger partial charge in [0.15, 0.2) is 0 Å². The Hall–Kier alpha value is -1.60. The van der Waals surface area contributed by atoms with Crippen molar-refractivity contribution in [2.45, 2.75) is 39.0 Å². The fourth-order valence-electron chi connectivity index (χ4n) is 2.50. The van der Waals surface area contributed by atoms with E-state index in [-0.39, 0.29) is 6.04 Å². The van der Waals surface area contributed by atoms with Crippen molar-refractivity contribution >= 4 is 38.8 Å². The Bertz CT molecular complexity index is 830. The minimum absolute atomic E-state index is 0.299. The smallest absolute Gasteiger partial charge is 0.131 e. The molecule has 0 aliphatic rings. The fourth-order valence-corrected chi connectivity index (χ4v) is 4.00. The van der Waals surface area contributed by atoms with Crippen molar-refractivity contribution < 1.29 is 9.52 Å². The van der Waals surface area contributed by atoms with Crippen LogP contribution in [0.3, 0.4) is 0 Å². The number of nitrogens with two attached hydrogens (primary N) is 1. The van der Waals surface area contributed by atoms with Crippen molar-refractivity contribution in [1.29, 1.82) is 0 Å². The molecule has 0 saturated carbocycles. The molecule has 0 saturated heterocycles. The minimum Gasteiger partial charge on any atom is -0.467 e. The van der Waals surface area contributed by atoms with E-state index in [9.17, 15) is 5.11 Å². The molecule has 0 radical (unpaired) electrons. The highest BCUT2D eigenvalue weighted by Crippen LogP contribution is 2.37. The number of aliphatic hydroxyl groups is 1. The van der Waals surface area contributed by atoms with Gasteiger partial charge in [0.25, 0.3) is 0 Å². The zero-order valence-electron chi connectivity index (χ0n) is 13.5. The third-order valence-corrected chi connectivity index (χ3v) is 5.54. The van der Waals surface area contributed by atoms with E-state index in [1.54, 1.807) is 24.5 Å². The molecule has 0 unspecified atom stereocenters. The Balaban J connectivity index is 1.94. The van der Waals surface area contributed by atoms with Crippen molar-refractivity contribution in [3.8, 4) is 0 Å². The average Bonchev–Trinajstić information content (AvgIpc) is 3.15. The Morgan fingerprint density at radius 1 is 1.50 bits per heavy atom. The van der Waals surface area contributed by atoms with Gasteiger partial charge >= 0.3 is 0 Å². The summed E-state index contributed by atoms with van der Waals surface area (Å²) in [5.74, 6) is 0.848. The lowest BCUT2D eigenvalue weighted by atomic mass is 10.1. The van der Waals surface area contributed by atoms with Gasteiger partial charge in [-0.25, -0.2) is 4.98 Å². The molecule has 0 fully saturated rings. The van der Waals surface area contributed by atoms with Crippen LogP contribution in [0, 0.1) is 6.92 Å². The summed E-state index contributed by atoms with van der Waals surface area (Å²) >= 11 is 7.82. The molecular weight excluding hydrogens is 346 g/mol. The van der Waals surface area contributed by atoms with Gasteiger partial charge in [-0.2, -0.15) is 0 Å². The molecule has 2 atom stereocenters. The predicted molar refractivity (Wildman–Crippen MR) is 98.8 cm³/mol. The molecule has 0 bridgehead atoms. The number of anilines is 1. The van der Waals surface area contributed by atoms with Crippen molar-refractivity contribution in [3.05, 3.63) is 45.8 Å². The maximum atomic E-state index is 9.66. The quantitative estimate of drug-likeness (QED) is 0.580. The second kappa shape index (κ2) is 7.11. The summed E-state index contributed by atoms with van der Waals surface area (Å²) in [6.07, 6.45) is 1.71. The first-order valence-electron chi connectivity index (χ1n) is 7.74. The predicted octanol–water partition coefficient (Wildman–Crippen LogP) is 3.71. The van der Waals surface area contributed by atoms with E-state index in [0.717, 1.165) is 32.1 Å². The molecule has 24 heavy (non-hydrogen) atoms. The van der Waals surface area contributed by atoms with Gasteiger partial charge in [0, 0.05) is 17.0 Å². The standard InChI is InChI=1S/C17H20ClN3O2S/c1-9-14(6-12(19)10(2)22)24-17-13(7-15(18)21-16(9)17)20-8-11-4-3-5-23-11/h3-5,7,10,12,22H,6,8,19H2,1-2H3,(H,20,21)/t10-,12-/m1/s1. The van der Waals surface area contributed by atoms with Crippen LogP contribution in [0.5, 0.6) is 0 Å². The van der Waals surface area contributed by atoms with Gasteiger partial charge in [0.2, 0.25) is 0 Å². The van der Waals surface area contributed by atoms with Crippen LogP contribution in [0.25, 0.3) is 10.2 Å². The van der Waals surface area contributed by atoms with Gasteiger partial charge in [0.1, 0.15) is 10.9 Å². The SMILES string of the molecule is Cc1c(C[C@@H](N)[C@@H](C)O)sc2c(NCc3ccco3)cc(Cl)nc12. The molecule has 0 aliphatic carbocycles. The summed E-state index contributed by atoms with van der Waals surface area (Å²) in [4.78, 5) is 5.58. The molecule has 0 aliphatic heterocycles. The van der Waals surface area contributed by atoms with Crippen molar-refractivity contribution in [2.24, 2.45) is 5.73 Å². The summed E-state index contributed by atoms with van der Waals surface area (Å²) in [5.41, 5.74) is 8.88. The van der Waals surface area contributed by atoms with Gasteiger partial charge < -0.3 is 20.6 Å². The Kier molecular flexibility index (Phi) is 5.10. The Morgan fingerprint density at radius 2 is 2.29 bits per heavy atom. The molecule has 0 aromatic carbocycles. The van der Waals surface area contributed by atoms with Crippen molar-refractivity contribution in [3.63, 3.8) is 0 Å². The molecule has 5 nitrogen and oxygen atoms in total. The van der Waals surface area contributed by atoms with Crippen LogP contribution in [0.15, 0.2) is 28.9 Å². The zero-order chi connectivity index (χ0) is 17.3. The summed E-state index contributed by atoms with van der Waals surface area (Å²) in [6.45, 7) is 4.29. The van der Waals surface area contributed by atoms with Crippen LogP contribution in [0.2, 0.25) is 5.15 Å². The van der Waals surface area contributed by atoms with Crippen LogP contribution in [-0.4, -0.2) is 22.2 Å².